The van der Waals surface area contributed by atoms with Crippen molar-refractivity contribution in [1.82, 2.24) is 9.55 Å². The van der Waals surface area contributed by atoms with Gasteiger partial charge in [-0.25, -0.2) is 18.2 Å². The van der Waals surface area contributed by atoms with Crippen LogP contribution in [-0.2, 0) is 43.1 Å². The van der Waals surface area contributed by atoms with Crippen LogP contribution in [-0.4, -0.2) is 36.2 Å². The van der Waals surface area contributed by atoms with Crippen LogP contribution in [0.25, 0.3) is 21.8 Å². The third-order valence-corrected chi connectivity index (χ3v) is 7.83. The number of carbonyl (C=O) groups is 2. The number of nitrogens with one attached hydrogen (secondary N) is 1. The molecule has 0 aliphatic carbocycles. The number of fused-ring (bicyclic) bond motifs is 2. The molecule has 2 heterocycles. The number of anilines is 1. The molecule has 42 heavy (non-hydrogen) atoms. The van der Waals surface area contributed by atoms with Crippen molar-refractivity contribution in [2.75, 3.05) is 4.72 Å². The molecule has 5 rings (SSSR count). The summed E-state index contributed by atoms with van der Waals surface area (Å²) in [5.74, 6) is -1.47. The van der Waals surface area contributed by atoms with Gasteiger partial charge in [0, 0.05) is 31.5 Å². The van der Waals surface area contributed by atoms with E-state index in [0.717, 1.165) is 16.3 Å². The SMILES string of the molecule is CC(=O)OC(C)OC(=O)c1cc2ccc(CN)nc2n1Cc1cc(NS(=O)(=O)Cc2ccccc2)cc2ccccc12. The van der Waals surface area contributed by atoms with Crippen LogP contribution >= 0.6 is 0 Å². The molecule has 0 aliphatic heterocycles. The van der Waals surface area contributed by atoms with E-state index >= 15 is 0 Å². The van der Waals surface area contributed by atoms with Gasteiger partial charge in [0.15, 0.2) is 0 Å². The summed E-state index contributed by atoms with van der Waals surface area (Å²) in [6.45, 7) is 3.04. The number of rotatable bonds is 10. The average Bonchev–Trinajstić information content (AvgIpc) is 3.30. The van der Waals surface area contributed by atoms with Gasteiger partial charge in [-0.3, -0.25) is 9.52 Å². The molecule has 10 nitrogen and oxygen atoms in total. The molecule has 3 aromatic carbocycles. The van der Waals surface area contributed by atoms with Crippen LogP contribution in [0, 0.1) is 0 Å². The van der Waals surface area contributed by atoms with Crippen molar-refractivity contribution in [3.63, 3.8) is 0 Å². The lowest BCUT2D eigenvalue weighted by atomic mass is 10.0. The maximum atomic E-state index is 13.3. The van der Waals surface area contributed by atoms with E-state index in [4.69, 9.17) is 15.2 Å². The summed E-state index contributed by atoms with van der Waals surface area (Å²) in [5, 5.41) is 2.36. The largest absolute Gasteiger partial charge is 0.426 e. The number of esters is 2. The number of carbonyl (C=O) groups excluding carboxylic acids is 2. The van der Waals surface area contributed by atoms with Gasteiger partial charge in [0.1, 0.15) is 11.3 Å². The maximum absolute atomic E-state index is 13.3. The summed E-state index contributed by atoms with van der Waals surface area (Å²) in [5.41, 5.74) is 8.96. The molecular weight excluding hydrogens is 556 g/mol. The Labute approximate surface area is 243 Å². The molecule has 0 saturated heterocycles. The van der Waals surface area contributed by atoms with Crippen molar-refractivity contribution >= 4 is 49.5 Å². The summed E-state index contributed by atoms with van der Waals surface area (Å²) in [6, 6.07) is 25.3. The lowest BCUT2D eigenvalue weighted by Crippen LogP contribution is -2.22. The first-order valence-corrected chi connectivity index (χ1v) is 14.9. The molecule has 0 radical (unpaired) electrons. The first-order valence-electron chi connectivity index (χ1n) is 13.3. The lowest BCUT2D eigenvalue weighted by Gasteiger charge is -2.17. The highest BCUT2D eigenvalue weighted by Crippen LogP contribution is 2.29. The van der Waals surface area contributed by atoms with Crippen molar-refractivity contribution in [2.45, 2.75) is 39.0 Å². The zero-order valence-corrected chi connectivity index (χ0v) is 23.9. The van der Waals surface area contributed by atoms with Crippen molar-refractivity contribution in [1.29, 1.82) is 0 Å². The Kier molecular flexibility index (Phi) is 8.23. The fourth-order valence-corrected chi connectivity index (χ4v) is 6.02. The molecule has 1 unspecified atom stereocenters. The molecule has 0 spiro atoms. The standard InChI is InChI=1S/C31H30N4O6S/c1-20(36)40-21(2)41-31(37)29-16-24-12-13-26(17-32)33-30(24)35(29)18-25-15-27(14-23-10-6-7-11-28(23)25)34-42(38,39)19-22-8-4-3-5-9-22/h3-16,21,34H,17-19,32H2,1-2H3. The molecule has 0 fully saturated rings. The fourth-order valence-electron chi connectivity index (χ4n) is 4.84. The van der Waals surface area contributed by atoms with E-state index < -0.39 is 28.3 Å². The van der Waals surface area contributed by atoms with Crippen LogP contribution in [0.3, 0.4) is 0 Å². The van der Waals surface area contributed by atoms with E-state index in [1.807, 2.05) is 36.4 Å². The van der Waals surface area contributed by atoms with Crippen LogP contribution in [0.4, 0.5) is 5.69 Å². The number of hydrogen-bond acceptors (Lipinski definition) is 8. The highest BCUT2D eigenvalue weighted by molar-refractivity contribution is 7.91. The molecule has 0 saturated carbocycles. The summed E-state index contributed by atoms with van der Waals surface area (Å²) in [7, 11) is -3.72. The molecule has 1 atom stereocenters. The van der Waals surface area contributed by atoms with E-state index in [1.54, 1.807) is 53.1 Å². The Bertz CT molecular complexity index is 1890. The van der Waals surface area contributed by atoms with Gasteiger partial charge in [-0.2, -0.15) is 0 Å². The van der Waals surface area contributed by atoms with Crippen LogP contribution in [0.2, 0.25) is 0 Å². The number of aromatic nitrogens is 2. The van der Waals surface area contributed by atoms with Crippen molar-refractivity contribution in [2.24, 2.45) is 5.73 Å². The Balaban J connectivity index is 1.57. The third-order valence-electron chi connectivity index (χ3n) is 6.57. The predicted octanol–water partition coefficient (Wildman–Crippen LogP) is 4.70. The molecule has 2 aromatic heterocycles. The third kappa shape index (κ3) is 6.59. The number of pyridine rings is 1. The van der Waals surface area contributed by atoms with Gasteiger partial charge < -0.3 is 19.8 Å². The second kappa shape index (κ2) is 12.0. The zero-order valence-electron chi connectivity index (χ0n) is 23.1. The molecule has 5 aromatic rings. The molecule has 3 N–H and O–H groups in total. The highest BCUT2D eigenvalue weighted by atomic mass is 32.2. The monoisotopic (exact) mass is 586 g/mol. The second-order valence-electron chi connectivity index (χ2n) is 9.82. The molecule has 0 amide bonds. The van der Waals surface area contributed by atoms with Crippen molar-refractivity contribution in [3.05, 3.63) is 107 Å². The summed E-state index contributed by atoms with van der Waals surface area (Å²) in [4.78, 5) is 29.3. The van der Waals surface area contributed by atoms with Crippen LogP contribution < -0.4 is 10.5 Å². The fraction of sp³-hybridized carbons (Fsp3) is 0.194. The number of benzene rings is 3. The smallest absolute Gasteiger partial charge is 0.358 e. The Morgan fingerprint density at radius 2 is 1.69 bits per heavy atom. The summed E-state index contributed by atoms with van der Waals surface area (Å²) < 4.78 is 40.9. The molecule has 11 heteroatoms. The molecule has 0 aliphatic rings. The number of nitrogens with zero attached hydrogens (tertiary/aromatic N) is 2. The second-order valence-corrected chi connectivity index (χ2v) is 11.5. The van der Waals surface area contributed by atoms with Gasteiger partial charge in [0.2, 0.25) is 16.3 Å². The first-order chi connectivity index (χ1) is 20.1. The maximum Gasteiger partial charge on any atom is 0.358 e. The van der Waals surface area contributed by atoms with Crippen molar-refractivity contribution < 1.29 is 27.5 Å². The Hall–Kier alpha value is -4.74. The average molecular weight is 587 g/mol. The number of hydrogen-bond donors (Lipinski definition) is 2. The Morgan fingerprint density at radius 1 is 0.952 bits per heavy atom. The zero-order chi connectivity index (χ0) is 29.9. The van der Waals surface area contributed by atoms with Gasteiger partial charge in [0.05, 0.1) is 18.0 Å². The molecular formula is C31H30N4O6S. The van der Waals surface area contributed by atoms with Gasteiger partial charge in [-0.15, -0.1) is 0 Å². The quantitative estimate of drug-likeness (QED) is 0.177. The Morgan fingerprint density at radius 3 is 2.43 bits per heavy atom. The van der Waals surface area contributed by atoms with Crippen LogP contribution in [0.15, 0.2) is 84.9 Å². The number of nitrogens with two attached hydrogens (primary N) is 1. The van der Waals surface area contributed by atoms with E-state index in [0.29, 0.717) is 28.0 Å². The van der Waals surface area contributed by atoms with Gasteiger partial charge in [-0.1, -0.05) is 54.6 Å². The summed E-state index contributed by atoms with van der Waals surface area (Å²) >= 11 is 0. The van der Waals surface area contributed by atoms with E-state index in [1.165, 1.54) is 13.8 Å². The van der Waals surface area contributed by atoms with Crippen LogP contribution in [0.1, 0.15) is 41.2 Å². The minimum absolute atomic E-state index is 0.158. The normalized spacial score (nSPS) is 12.3. The molecule has 216 valence electrons. The predicted molar refractivity (Wildman–Crippen MR) is 160 cm³/mol. The number of ether oxygens (including phenoxy) is 2. The van der Waals surface area contributed by atoms with Crippen molar-refractivity contribution in [3.8, 4) is 0 Å². The van der Waals surface area contributed by atoms with Gasteiger partial charge in [-0.05, 0) is 52.2 Å². The topological polar surface area (TPSA) is 143 Å². The minimum Gasteiger partial charge on any atom is -0.426 e. The highest BCUT2D eigenvalue weighted by Gasteiger charge is 2.22. The minimum atomic E-state index is -3.72. The van der Waals surface area contributed by atoms with E-state index in [2.05, 4.69) is 9.71 Å². The van der Waals surface area contributed by atoms with Gasteiger partial charge in [0.25, 0.3) is 0 Å². The molecule has 0 bridgehead atoms. The lowest BCUT2D eigenvalue weighted by molar-refractivity contribution is -0.162. The van der Waals surface area contributed by atoms with Crippen LogP contribution in [0.5, 0.6) is 0 Å². The first kappa shape index (κ1) is 28.8. The van der Waals surface area contributed by atoms with E-state index in [-0.39, 0.29) is 24.5 Å². The van der Waals surface area contributed by atoms with Gasteiger partial charge >= 0.3 is 11.9 Å². The van der Waals surface area contributed by atoms with E-state index in [9.17, 15) is 18.0 Å². The number of sulfonamides is 1. The summed E-state index contributed by atoms with van der Waals surface area (Å²) in [6.07, 6.45) is -1.10.